The third-order valence-corrected chi connectivity index (χ3v) is 7.83. The molecule has 4 amide bonds. The predicted octanol–water partition coefficient (Wildman–Crippen LogP) is 3.49. The zero-order valence-electron chi connectivity index (χ0n) is 23.2. The Hall–Kier alpha value is -4.30. The number of anilines is 1. The summed E-state index contributed by atoms with van der Waals surface area (Å²) in [7, 11) is 1.45. The minimum Gasteiger partial charge on any atom is -0.460 e. The van der Waals surface area contributed by atoms with Crippen molar-refractivity contribution in [2.75, 3.05) is 51.4 Å². The Labute approximate surface area is 249 Å². The van der Waals surface area contributed by atoms with Gasteiger partial charge in [-0.3, -0.25) is 9.59 Å². The van der Waals surface area contributed by atoms with Crippen LogP contribution in [0.3, 0.4) is 0 Å². The van der Waals surface area contributed by atoms with Crippen molar-refractivity contribution < 1.29 is 32.3 Å². The number of imidazole rings is 1. The third-order valence-electron chi connectivity index (χ3n) is 7.51. The predicted molar refractivity (Wildman–Crippen MR) is 152 cm³/mol. The van der Waals surface area contributed by atoms with E-state index in [0.717, 1.165) is 12.5 Å². The molecular weight excluding hydrogens is 591 g/mol. The molecule has 2 aliphatic heterocycles. The van der Waals surface area contributed by atoms with Crippen molar-refractivity contribution in [2.45, 2.75) is 12.5 Å². The van der Waals surface area contributed by atoms with Gasteiger partial charge in [-0.25, -0.2) is 18.6 Å². The highest BCUT2D eigenvalue weighted by Crippen LogP contribution is 2.30. The number of likely N-dealkylation sites (tertiary alicyclic amines) is 1. The van der Waals surface area contributed by atoms with Gasteiger partial charge in [0.1, 0.15) is 0 Å². The SMILES string of the molecule is Cn1c(-c2ccc(OCF)c(F)c2F)cnc1C(=O)Nc1ccc(C(=O)N2CCN(C(=O)N3CC[C@@H](N)C3)CC2)c(Cl)c1. The maximum Gasteiger partial charge on any atom is 0.320 e. The van der Waals surface area contributed by atoms with Gasteiger partial charge in [0.25, 0.3) is 11.8 Å². The van der Waals surface area contributed by atoms with E-state index in [-0.39, 0.29) is 51.3 Å². The number of hydrogen-bond donors (Lipinski definition) is 2. The summed E-state index contributed by atoms with van der Waals surface area (Å²) in [6.07, 6.45) is 1.97. The molecule has 43 heavy (non-hydrogen) atoms. The highest BCUT2D eigenvalue weighted by molar-refractivity contribution is 6.34. The van der Waals surface area contributed by atoms with Crippen molar-refractivity contribution in [3.8, 4) is 17.0 Å². The second kappa shape index (κ2) is 12.5. The standard InChI is InChI=1S/C28H29ClF3N7O4/c1-36-21(19-4-5-22(43-15-30)24(32)23(19)31)13-34-25(36)26(40)35-17-2-3-18(20(29)12-17)27(41)37-8-10-38(11-9-37)28(42)39-7-6-16(33)14-39/h2-5,12-13,16H,6-11,14-15,33H2,1H3,(H,35,40)/t16-/m1/s1. The minimum atomic E-state index is -1.37. The highest BCUT2D eigenvalue weighted by atomic mass is 35.5. The van der Waals surface area contributed by atoms with E-state index in [4.69, 9.17) is 17.3 Å². The number of urea groups is 1. The van der Waals surface area contributed by atoms with Crippen LogP contribution in [0.5, 0.6) is 5.75 Å². The topological polar surface area (TPSA) is 126 Å². The van der Waals surface area contributed by atoms with Crippen molar-refractivity contribution in [1.82, 2.24) is 24.3 Å². The summed E-state index contributed by atoms with van der Waals surface area (Å²) in [6, 6.07) is 6.62. The number of piperazine rings is 1. The number of rotatable bonds is 6. The van der Waals surface area contributed by atoms with Gasteiger partial charge < -0.3 is 35.1 Å². The Balaban J connectivity index is 1.22. The number of ether oxygens (including phenoxy) is 1. The second-order valence-corrected chi connectivity index (χ2v) is 10.6. The van der Waals surface area contributed by atoms with Gasteiger partial charge in [-0.15, -0.1) is 0 Å². The number of carbonyl (C=O) groups is 3. The smallest absolute Gasteiger partial charge is 0.320 e. The largest absolute Gasteiger partial charge is 0.460 e. The number of amides is 4. The maximum atomic E-state index is 14.6. The summed E-state index contributed by atoms with van der Waals surface area (Å²) in [5, 5.41) is 2.74. The number of benzene rings is 2. The lowest BCUT2D eigenvalue weighted by Crippen LogP contribution is -2.54. The zero-order chi connectivity index (χ0) is 30.8. The summed E-state index contributed by atoms with van der Waals surface area (Å²) < 4.78 is 47.0. The Morgan fingerprint density at radius 3 is 2.42 bits per heavy atom. The molecule has 0 spiro atoms. The fourth-order valence-electron chi connectivity index (χ4n) is 5.16. The van der Waals surface area contributed by atoms with Crippen molar-refractivity contribution in [2.24, 2.45) is 12.8 Å². The quantitative estimate of drug-likeness (QED) is 0.435. The molecule has 0 radical (unpaired) electrons. The lowest BCUT2D eigenvalue weighted by Gasteiger charge is -2.36. The molecule has 0 unspecified atom stereocenters. The van der Waals surface area contributed by atoms with Crippen molar-refractivity contribution >= 4 is 35.1 Å². The van der Waals surface area contributed by atoms with E-state index in [9.17, 15) is 27.6 Å². The Morgan fingerprint density at radius 2 is 1.77 bits per heavy atom. The molecule has 0 aliphatic carbocycles. The molecule has 228 valence electrons. The normalized spacial score (nSPS) is 16.9. The molecule has 15 heteroatoms. The van der Waals surface area contributed by atoms with Crippen LogP contribution in [0.1, 0.15) is 27.4 Å². The first-order valence-corrected chi connectivity index (χ1v) is 13.8. The minimum absolute atomic E-state index is 0.00722. The van der Waals surface area contributed by atoms with E-state index in [1.54, 1.807) is 14.7 Å². The molecule has 2 fully saturated rings. The molecule has 1 aromatic heterocycles. The highest BCUT2D eigenvalue weighted by Gasteiger charge is 2.31. The van der Waals surface area contributed by atoms with E-state index >= 15 is 0 Å². The zero-order valence-corrected chi connectivity index (χ0v) is 23.9. The molecule has 3 N–H and O–H groups in total. The molecule has 2 aromatic carbocycles. The van der Waals surface area contributed by atoms with E-state index in [2.05, 4.69) is 15.0 Å². The Bertz CT molecular complexity index is 1560. The monoisotopic (exact) mass is 619 g/mol. The van der Waals surface area contributed by atoms with E-state index in [0.29, 0.717) is 39.3 Å². The molecule has 11 nitrogen and oxygen atoms in total. The van der Waals surface area contributed by atoms with Crippen molar-refractivity contribution in [3.63, 3.8) is 0 Å². The first-order chi connectivity index (χ1) is 20.6. The summed E-state index contributed by atoms with van der Waals surface area (Å²) >= 11 is 6.42. The fourth-order valence-corrected chi connectivity index (χ4v) is 5.42. The molecule has 2 saturated heterocycles. The van der Waals surface area contributed by atoms with Crippen LogP contribution in [-0.4, -0.2) is 94.3 Å². The van der Waals surface area contributed by atoms with Gasteiger partial charge in [0.05, 0.1) is 22.5 Å². The van der Waals surface area contributed by atoms with E-state index in [1.807, 2.05) is 0 Å². The van der Waals surface area contributed by atoms with Crippen LogP contribution >= 0.6 is 11.6 Å². The number of nitrogens with zero attached hydrogens (tertiary/aromatic N) is 5. The number of hydrogen-bond acceptors (Lipinski definition) is 6. The van der Waals surface area contributed by atoms with Crippen molar-refractivity contribution in [1.29, 1.82) is 0 Å². The first kappa shape index (κ1) is 30.2. The van der Waals surface area contributed by atoms with Gasteiger partial charge in [0.2, 0.25) is 12.7 Å². The molecule has 3 heterocycles. The van der Waals surface area contributed by atoms with Gasteiger partial charge in [-0.1, -0.05) is 11.6 Å². The fraction of sp³-hybridized carbons (Fsp3) is 0.357. The molecule has 3 aromatic rings. The maximum absolute atomic E-state index is 14.6. The van der Waals surface area contributed by atoms with E-state index in [1.165, 1.54) is 42.1 Å². The molecule has 0 bridgehead atoms. The third kappa shape index (κ3) is 6.11. The Morgan fingerprint density at radius 1 is 1.05 bits per heavy atom. The summed E-state index contributed by atoms with van der Waals surface area (Å²) in [4.78, 5) is 47.9. The average Bonchev–Trinajstić information content (AvgIpc) is 3.60. The second-order valence-electron chi connectivity index (χ2n) is 10.2. The first-order valence-electron chi connectivity index (χ1n) is 13.5. The van der Waals surface area contributed by atoms with Crippen LogP contribution in [-0.2, 0) is 7.05 Å². The van der Waals surface area contributed by atoms with Crippen LogP contribution < -0.4 is 15.8 Å². The number of aromatic nitrogens is 2. The molecule has 2 aliphatic rings. The van der Waals surface area contributed by atoms with Crippen molar-refractivity contribution in [3.05, 3.63) is 64.6 Å². The number of nitrogens with one attached hydrogen (secondary N) is 1. The lowest BCUT2D eigenvalue weighted by atomic mass is 10.1. The van der Waals surface area contributed by atoms with Crippen LogP contribution in [0, 0.1) is 11.6 Å². The van der Waals surface area contributed by atoms with Crippen LogP contribution in [0.4, 0.5) is 23.7 Å². The lowest BCUT2D eigenvalue weighted by molar-refractivity contribution is 0.0645. The van der Waals surface area contributed by atoms with Gasteiger partial charge in [0.15, 0.2) is 17.4 Å². The van der Waals surface area contributed by atoms with Crippen LogP contribution in [0.25, 0.3) is 11.3 Å². The molecular formula is C28H29ClF3N7O4. The van der Waals surface area contributed by atoms with Crippen LogP contribution in [0.2, 0.25) is 5.02 Å². The van der Waals surface area contributed by atoms with Gasteiger partial charge in [0, 0.05) is 63.6 Å². The molecule has 1 atom stereocenters. The van der Waals surface area contributed by atoms with Gasteiger partial charge in [-0.2, -0.15) is 4.39 Å². The number of halogens is 4. The van der Waals surface area contributed by atoms with Gasteiger partial charge >= 0.3 is 6.03 Å². The summed E-state index contributed by atoms with van der Waals surface area (Å²) in [6.45, 7) is 1.30. The molecule has 5 rings (SSSR count). The number of alkyl halides is 1. The Kier molecular flexibility index (Phi) is 8.78. The summed E-state index contributed by atoms with van der Waals surface area (Å²) in [5.41, 5.74) is 6.32. The van der Waals surface area contributed by atoms with Gasteiger partial charge in [-0.05, 0) is 36.8 Å². The average molecular weight is 620 g/mol. The van der Waals surface area contributed by atoms with E-state index < -0.39 is 30.2 Å². The summed E-state index contributed by atoms with van der Waals surface area (Å²) in [5.74, 6) is -4.31. The number of carbonyl (C=O) groups excluding carboxylic acids is 3. The number of nitrogens with two attached hydrogens (primary N) is 1. The van der Waals surface area contributed by atoms with Crippen LogP contribution in [0.15, 0.2) is 36.5 Å². The molecule has 0 saturated carbocycles.